The van der Waals surface area contributed by atoms with Gasteiger partial charge in [-0.2, -0.15) is 0 Å². The Hall–Kier alpha value is -2.37. The summed E-state index contributed by atoms with van der Waals surface area (Å²) in [7, 11) is 0. The first-order chi connectivity index (χ1) is 13.1. The van der Waals surface area contributed by atoms with Crippen LogP contribution in [0.1, 0.15) is 64.2 Å². The van der Waals surface area contributed by atoms with Gasteiger partial charge in [0, 0.05) is 18.0 Å². The van der Waals surface area contributed by atoms with Crippen molar-refractivity contribution in [3.05, 3.63) is 30.3 Å². The highest BCUT2D eigenvalue weighted by Gasteiger charge is 2.26. The molecule has 1 atom stereocenters. The minimum absolute atomic E-state index is 0.0396. The number of carbonyl (C=O) groups is 3. The lowest BCUT2D eigenvalue weighted by molar-refractivity contribution is -0.142. The maximum atomic E-state index is 12.2. The fourth-order valence-corrected chi connectivity index (χ4v) is 3.47. The van der Waals surface area contributed by atoms with E-state index in [9.17, 15) is 19.5 Å². The Morgan fingerprint density at radius 3 is 2.37 bits per heavy atom. The molecule has 6 nitrogen and oxygen atoms in total. The van der Waals surface area contributed by atoms with Gasteiger partial charge in [0.2, 0.25) is 11.8 Å². The number of hydrogen-bond acceptors (Lipinski definition) is 3. The van der Waals surface area contributed by atoms with Crippen LogP contribution in [0.2, 0.25) is 0 Å². The van der Waals surface area contributed by atoms with Crippen molar-refractivity contribution in [1.29, 1.82) is 0 Å². The van der Waals surface area contributed by atoms with Gasteiger partial charge >= 0.3 is 5.97 Å². The maximum Gasteiger partial charge on any atom is 0.326 e. The SMILES string of the molecule is O=C(CCCCCC(NC(=O)C1CCCCC1)C(=O)O)Nc1ccccc1. The summed E-state index contributed by atoms with van der Waals surface area (Å²) in [5, 5.41) is 14.9. The topological polar surface area (TPSA) is 95.5 Å². The number of aliphatic carboxylic acids is 1. The van der Waals surface area contributed by atoms with Gasteiger partial charge in [-0.25, -0.2) is 4.79 Å². The highest BCUT2D eigenvalue weighted by molar-refractivity contribution is 5.90. The Balaban J connectivity index is 1.63. The van der Waals surface area contributed by atoms with Crippen LogP contribution in [-0.4, -0.2) is 28.9 Å². The highest BCUT2D eigenvalue weighted by atomic mass is 16.4. The van der Waals surface area contributed by atoms with Crippen LogP contribution in [0, 0.1) is 5.92 Å². The Morgan fingerprint density at radius 2 is 1.70 bits per heavy atom. The quantitative estimate of drug-likeness (QED) is 0.544. The van der Waals surface area contributed by atoms with Gasteiger partial charge in [0.05, 0.1) is 0 Å². The first-order valence-electron chi connectivity index (χ1n) is 9.94. The van der Waals surface area contributed by atoms with Gasteiger partial charge in [-0.05, 0) is 37.8 Å². The van der Waals surface area contributed by atoms with Gasteiger partial charge in [0.25, 0.3) is 0 Å². The first-order valence-corrected chi connectivity index (χ1v) is 9.94. The van der Waals surface area contributed by atoms with E-state index < -0.39 is 12.0 Å². The van der Waals surface area contributed by atoms with Gasteiger partial charge < -0.3 is 15.7 Å². The standard InChI is InChI=1S/C21H30N2O4/c24-19(22-17-12-6-2-7-13-17)15-9-3-8-14-18(21(26)27)23-20(25)16-10-4-1-5-11-16/h2,6-7,12-13,16,18H,1,3-5,8-11,14-15H2,(H,22,24)(H,23,25)(H,26,27). The summed E-state index contributed by atoms with van der Waals surface area (Å²) in [6.45, 7) is 0. The number of anilines is 1. The van der Waals surface area contributed by atoms with Gasteiger partial charge in [-0.1, -0.05) is 50.3 Å². The van der Waals surface area contributed by atoms with Crippen LogP contribution < -0.4 is 10.6 Å². The maximum absolute atomic E-state index is 12.2. The lowest BCUT2D eigenvalue weighted by Crippen LogP contribution is -2.44. The zero-order valence-corrected chi connectivity index (χ0v) is 15.8. The van der Waals surface area contributed by atoms with Crippen LogP contribution in [0.25, 0.3) is 0 Å². The van der Waals surface area contributed by atoms with Crippen LogP contribution in [0.5, 0.6) is 0 Å². The average molecular weight is 374 g/mol. The van der Waals surface area contributed by atoms with Crippen LogP contribution in [-0.2, 0) is 14.4 Å². The summed E-state index contributed by atoms with van der Waals surface area (Å²) < 4.78 is 0. The average Bonchev–Trinajstić information content (AvgIpc) is 2.68. The summed E-state index contributed by atoms with van der Waals surface area (Å²) in [5.41, 5.74) is 0.777. The molecule has 3 N–H and O–H groups in total. The minimum Gasteiger partial charge on any atom is -0.480 e. The monoisotopic (exact) mass is 374 g/mol. The Bertz CT molecular complexity index is 612. The highest BCUT2D eigenvalue weighted by Crippen LogP contribution is 2.24. The van der Waals surface area contributed by atoms with Gasteiger partial charge in [-0.3, -0.25) is 9.59 Å². The van der Waals surface area contributed by atoms with E-state index in [1.165, 1.54) is 0 Å². The number of hydrogen-bond donors (Lipinski definition) is 3. The molecule has 1 unspecified atom stereocenters. The third-order valence-corrected chi connectivity index (χ3v) is 5.04. The van der Waals surface area contributed by atoms with Crippen LogP contribution >= 0.6 is 0 Å². The number of amides is 2. The molecule has 0 saturated heterocycles. The molecular weight excluding hydrogens is 344 g/mol. The molecule has 1 aromatic carbocycles. The predicted molar refractivity (Wildman–Crippen MR) is 104 cm³/mol. The van der Waals surface area contributed by atoms with E-state index >= 15 is 0 Å². The summed E-state index contributed by atoms with van der Waals surface area (Å²) in [4.78, 5) is 35.5. The lowest BCUT2D eigenvalue weighted by Gasteiger charge is -2.23. The number of nitrogens with one attached hydrogen (secondary N) is 2. The van der Waals surface area contributed by atoms with Crippen LogP contribution in [0.3, 0.4) is 0 Å². The number of unbranched alkanes of at least 4 members (excludes halogenated alkanes) is 2. The summed E-state index contributed by atoms with van der Waals surface area (Å²) in [6.07, 6.45) is 7.87. The van der Waals surface area contributed by atoms with Crippen molar-refractivity contribution in [3.8, 4) is 0 Å². The van der Waals surface area contributed by atoms with Gasteiger partial charge in [-0.15, -0.1) is 0 Å². The van der Waals surface area contributed by atoms with Crippen molar-refractivity contribution in [2.75, 3.05) is 5.32 Å². The Morgan fingerprint density at radius 1 is 1.00 bits per heavy atom. The number of carbonyl (C=O) groups excluding carboxylic acids is 2. The van der Waals surface area contributed by atoms with E-state index in [0.717, 1.165) is 44.2 Å². The summed E-state index contributed by atoms with van der Waals surface area (Å²) in [6, 6.07) is 8.46. The van der Waals surface area contributed by atoms with Crippen molar-refractivity contribution in [2.24, 2.45) is 5.92 Å². The minimum atomic E-state index is -0.985. The number of rotatable bonds is 10. The van der Waals surface area contributed by atoms with Crippen molar-refractivity contribution in [1.82, 2.24) is 5.32 Å². The number of benzene rings is 1. The molecule has 1 aliphatic rings. The molecule has 2 rings (SSSR count). The van der Waals surface area contributed by atoms with Crippen molar-refractivity contribution >= 4 is 23.5 Å². The van der Waals surface area contributed by atoms with Gasteiger partial charge in [0.15, 0.2) is 0 Å². The number of para-hydroxylation sites is 1. The Kier molecular flexibility index (Phi) is 8.81. The lowest BCUT2D eigenvalue weighted by atomic mass is 9.88. The molecule has 1 aromatic rings. The third-order valence-electron chi connectivity index (χ3n) is 5.04. The first kappa shape index (κ1) is 20.9. The van der Waals surface area contributed by atoms with E-state index in [1.807, 2.05) is 30.3 Å². The van der Waals surface area contributed by atoms with E-state index in [-0.39, 0.29) is 17.7 Å². The van der Waals surface area contributed by atoms with Crippen LogP contribution in [0.4, 0.5) is 5.69 Å². The number of carboxylic acid groups (broad SMARTS) is 1. The molecule has 1 aliphatic carbocycles. The zero-order valence-electron chi connectivity index (χ0n) is 15.8. The molecule has 0 heterocycles. The second-order valence-corrected chi connectivity index (χ2v) is 7.25. The molecule has 1 saturated carbocycles. The normalized spacial score (nSPS) is 15.7. The number of carboxylic acids is 1. The molecule has 0 radical (unpaired) electrons. The van der Waals surface area contributed by atoms with Crippen molar-refractivity contribution < 1.29 is 19.5 Å². The second-order valence-electron chi connectivity index (χ2n) is 7.25. The van der Waals surface area contributed by atoms with Crippen molar-refractivity contribution in [2.45, 2.75) is 70.3 Å². The van der Waals surface area contributed by atoms with E-state index in [4.69, 9.17) is 0 Å². The molecule has 2 amide bonds. The van der Waals surface area contributed by atoms with E-state index in [2.05, 4.69) is 10.6 Å². The molecule has 148 valence electrons. The predicted octanol–water partition coefficient (Wildman–Crippen LogP) is 3.73. The van der Waals surface area contributed by atoms with Crippen LogP contribution in [0.15, 0.2) is 30.3 Å². The molecule has 27 heavy (non-hydrogen) atoms. The fourth-order valence-electron chi connectivity index (χ4n) is 3.47. The molecule has 6 heteroatoms. The molecule has 0 spiro atoms. The smallest absolute Gasteiger partial charge is 0.326 e. The molecule has 0 aromatic heterocycles. The largest absolute Gasteiger partial charge is 0.480 e. The zero-order chi connectivity index (χ0) is 19.5. The third kappa shape index (κ3) is 7.81. The molecule has 0 bridgehead atoms. The van der Waals surface area contributed by atoms with Crippen molar-refractivity contribution in [3.63, 3.8) is 0 Å². The summed E-state index contributed by atoms with van der Waals surface area (Å²) in [5.74, 6) is -1.19. The van der Waals surface area contributed by atoms with E-state index in [1.54, 1.807) is 0 Å². The van der Waals surface area contributed by atoms with E-state index in [0.29, 0.717) is 25.7 Å². The molecule has 1 fully saturated rings. The molecular formula is C21H30N2O4. The fraction of sp³-hybridized carbons (Fsp3) is 0.571. The summed E-state index contributed by atoms with van der Waals surface area (Å²) >= 11 is 0. The second kappa shape index (κ2) is 11.4. The molecule has 0 aliphatic heterocycles. The Labute approximate surface area is 160 Å². The van der Waals surface area contributed by atoms with Gasteiger partial charge in [0.1, 0.15) is 6.04 Å².